The summed E-state index contributed by atoms with van der Waals surface area (Å²) in [6.45, 7) is 3.00. The van der Waals surface area contributed by atoms with Crippen LogP contribution in [0.5, 0.6) is 0 Å². The fourth-order valence-corrected chi connectivity index (χ4v) is 2.85. The first-order valence-electron chi connectivity index (χ1n) is 7.08. The summed E-state index contributed by atoms with van der Waals surface area (Å²) < 4.78 is 0. The summed E-state index contributed by atoms with van der Waals surface area (Å²) in [6.07, 6.45) is 1.26. The Morgan fingerprint density at radius 2 is 1.95 bits per heavy atom. The summed E-state index contributed by atoms with van der Waals surface area (Å²) in [5, 5.41) is 3.57. The van der Waals surface area contributed by atoms with Gasteiger partial charge in [0.25, 0.3) is 0 Å². The molecule has 114 valence electrons. The largest absolute Gasteiger partial charge is 0.369 e. The molecule has 1 aromatic rings. The minimum Gasteiger partial charge on any atom is -0.369 e. The Kier molecular flexibility index (Phi) is 5.07. The number of primary amides is 1. The zero-order valence-corrected chi connectivity index (χ0v) is 12.8. The van der Waals surface area contributed by atoms with Crippen molar-refractivity contribution in [1.29, 1.82) is 0 Å². The molecule has 1 saturated heterocycles. The van der Waals surface area contributed by atoms with Gasteiger partial charge in [0, 0.05) is 24.0 Å². The van der Waals surface area contributed by atoms with Crippen molar-refractivity contribution in [2.75, 3.05) is 13.1 Å². The first kappa shape index (κ1) is 15.6. The van der Waals surface area contributed by atoms with Gasteiger partial charge in [-0.3, -0.25) is 4.79 Å². The highest BCUT2D eigenvalue weighted by molar-refractivity contribution is 6.31. The molecule has 1 unspecified atom stereocenters. The van der Waals surface area contributed by atoms with Crippen molar-refractivity contribution >= 4 is 23.5 Å². The minimum absolute atomic E-state index is 0.116. The summed E-state index contributed by atoms with van der Waals surface area (Å²) in [5.74, 6) is -0.394. The number of hydrogen-bond acceptors (Lipinski definition) is 2. The Morgan fingerprint density at radius 1 is 1.33 bits per heavy atom. The molecular formula is C15H20ClN3O2. The maximum atomic E-state index is 12.2. The van der Waals surface area contributed by atoms with Crippen LogP contribution in [0.4, 0.5) is 4.79 Å². The number of rotatable bonds is 3. The lowest BCUT2D eigenvalue weighted by molar-refractivity contribution is -0.123. The topological polar surface area (TPSA) is 75.4 Å². The van der Waals surface area contributed by atoms with Crippen LogP contribution >= 0.6 is 11.6 Å². The number of amides is 3. The first-order valence-corrected chi connectivity index (χ1v) is 7.46. The third-order valence-corrected chi connectivity index (χ3v) is 4.24. The molecule has 0 radical (unpaired) electrons. The highest BCUT2D eigenvalue weighted by Crippen LogP contribution is 2.23. The van der Waals surface area contributed by atoms with Gasteiger partial charge in [0.1, 0.15) is 0 Å². The SMILES string of the molecule is CC(NC(=O)N1CCC(C(N)=O)CC1)c1ccccc1Cl. The van der Waals surface area contributed by atoms with Crippen LogP contribution in [0.1, 0.15) is 31.4 Å². The molecule has 2 rings (SSSR count). The lowest BCUT2D eigenvalue weighted by Crippen LogP contribution is -2.46. The summed E-state index contributed by atoms with van der Waals surface area (Å²) in [5.41, 5.74) is 6.18. The molecule has 0 saturated carbocycles. The third-order valence-electron chi connectivity index (χ3n) is 3.90. The Morgan fingerprint density at radius 3 is 2.52 bits per heavy atom. The van der Waals surface area contributed by atoms with Crippen molar-refractivity contribution in [3.8, 4) is 0 Å². The number of carbonyl (C=O) groups excluding carboxylic acids is 2. The third kappa shape index (κ3) is 3.88. The normalized spacial score (nSPS) is 17.3. The summed E-state index contributed by atoms with van der Waals surface area (Å²) in [6, 6.07) is 7.15. The van der Waals surface area contributed by atoms with Crippen LogP contribution in [-0.2, 0) is 4.79 Å². The molecule has 6 heteroatoms. The van der Waals surface area contributed by atoms with Gasteiger partial charge in [0.15, 0.2) is 0 Å². The Balaban J connectivity index is 1.90. The number of likely N-dealkylation sites (tertiary alicyclic amines) is 1. The van der Waals surface area contributed by atoms with Crippen molar-refractivity contribution in [2.45, 2.75) is 25.8 Å². The van der Waals surface area contributed by atoms with E-state index in [0.29, 0.717) is 31.0 Å². The number of piperidine rings is 1. The average Bonchev–Trinajstić information content (AvgIpc) is 2.47. The van der Waals surface area contributed by atoms with Crippen LogP contribution in [0, 0.1) is 5.92 Å². The number of carbonyl (C=O) groups is 2. The number of nitrogens with one attached hydrogen (secondary N) is 1. The molecule has 1 atom stereocenters. The van der Waals surface area contributed by atoms with Gasteiger partial charge in [0.05, 0.1) is 6.04 Å². The van der Waals surface area contributed by atoms with E-state index < -0.39 is 0 Å². The van der Waals surface area contributed by atoms with Crippen molar-refractivity contribution in [1.82, 2.24) is 10.2 Å². The second-order valence-corrected chi connectivity index (χ2v) is 5.76. The molecule has 0 bridgehead atoms. The number of halogens is 1. The first-order chi connectivity index (χ1) is 9.99. The molecule has 3 N–H and O–H groups in total. The van der Waals surface area contributed by atoms with Crippen molar-refractivity contribution in [2.24, 2.45) is 11.7 Å². The molecule has 0 aliphatic carbocycles. The van der Waals surface area contributed by atoms with Crippen LogP contribution in [-0.4, -0.2) is 29.9 Å². The standard InChI is InChI=1S/C15H20ClN3O2/c1-10(12-4-2-3-5-13(12)16)18-15(21)19-8-6-11(7-9-19)14(17)20/h2-5,10-11H,6-9H2,1H3,(H2,17,20)(H,18,21). The zero-order valence-electron chi connectivity index (χ0n) is 12.0. The summed E-state index contributed by atoms with van der Waals surface area (Å²) in [4.78, 5) is 25.1. The number of nitrogens with two attached hydrogens (primary N) is 1. The number of urea groups is 1. The van der Waals surface area contributed by atoms with E-state index in [2.05, 4.69) is 5.32 Å². The Hall–Kier alpha value is -1.75. The fraction of sp³-hybridized carbons (Fsp3) is 0.467. The minimum atomic E-state index is -0.278. The van der Waals surface area contributed by atoms with E-state index in [1.165, 1.54) is 0 Å². The molecule has 1 aliphatic rings. The van der Waals surface area contributed by atoms with Crippen LogP contribution in [0.15, 0.2) is 24.3 Å². The van der Waals surface area contributed by atoms with Gasteiger partial charge < -0.3 is 16.0 Å². The second kappa shape index (κ2) is 6.80. The van der Waals surface area contributed by atoms with Gasteiger partial charge in [-0.1, -0.05) is 29.8 Å². The zero-order chi connectivity index (χ0) is 15.4. The second-order valence-electron chi connectivity index (χ2n) is 5.36. The predicted octanol–water partition coefficient (Wildman–Crippen LogP) is 2.31. The Labute approximate surface area is 129 Å². The molecular weight excluding hydrogens is 290 g/mol. The van der Waals surface area contributed by atoms with Gasteiger partial charge in [-0.05, 0) is 31.4 Å². The van der Waals surface area contributed by atoms with Gasteiger partial charge in [-0.15, -0.1) is 0 Å². The van der Waals surface area contributed by atoms with E-state index in [9.17, 15) is 9.59 Å². The lowest BCUT2D eigenvalue weighted by Gasteiger charge is -2.31. The number of hydrogen-bond donors (Lipinski definition) is 2. The van der Waals surface area contributed by atoms with Crippen molar-refractivity contribution < 1.29 is 9.59 Å². The van der Waals surface area contributed by atoms with Crippen molar-refractivity contribution in [3.05, 3.63) is 34.9 Å². The summed E-state index contributed by atoms with van der Waals surface area (Å²) in [7, 11) is 0. The van der Waals surface area contributed by atoms with Crippen LogP contribution < -0.4 is 11.1 Å². The van der Waals surface area contributed by atoms with E-state index >= 15 is 0 Å². The van der Waals surface area contributed by atoms with Crippen LogP contribution in [0.2, 0.25) is 5.02 Å². The molecule has 21 heavy (non-hydrogen) atoms. The van der Waals surface area contributed by atoms with Gasteiger partial charge in [-0.2, -0.15) is 0 Å². The van der Waals surface area contributed by atoms with Gasteiger partial charge in [0.2, 0.25) is 5.91 Å². The van der Waals surface area contributed by atoms with E-state index in [4.69, 9.17) is 17.3 Å². The number of benzene rings is 1. The fourth-order valence-electron chi connectivity index (χ4n) is 2.55. The highest BCUT2D eigenvalue weighted by atomic mass is 35.5. The van der Waals surface area contributed by atoms with Crippen molar-refractivity contribution in [3.63, 3.8) is 0 Å². The molecule has 1 fully saturated rings. The molecule has 3 amide bonds. The number of nitrogens with zero attached hydrogens (tertiary/aromatic N) is 1. The molecule has 5 nitrogen and oxygen atoms in total. The van der Waals surface area contributed by atoms with Crippen LogP contribution in [0.3, 0.4) is 0 Å². The van der Waals surface area contributed by atoms with E-state index in [1.807, 2.05) is 25.1 Å². The van der Waals surface area contributed by atoms with Gasteiger partial charge in [-0.25, -0.2) is 4.79 Å². The Bertz CT molecular complexity index is 527. The molecule has 1 aromatic carbocycles. The predicted molar refractivity (Wildman–Crippen MR) is 81.9 cm³/mol. The lowest BCUT2D eigenvalue weighted by atomic mass is 9.96. The van der Waals surface area contributed by atoms with Gasteiger partial charge >= 0.3 is 6.03 Å². The van der Waals surface area contributed by atoms with Crippen LogP contribution in [0.25, 0.3) is 0 Å². The van der Waals surface area contributed by atoms with E-state index in [1.54, 1.807) is 11.0 Å². The monoisotopic (exact) mass is 309 g/mol. The molecule has 1 heterocycles. The average molecular weight is 310 g/mol. The molecule has 0 aromatic heterocycles. The molecule has 0 spiro atoms. The maximum Gasteiger partial charge on any atom is 0.317 e. The highest BCUT2D eigenvalue weighted by Gasteiger charge is 2.26. The summed E-state index contributed by atoms with van der Waals surface area (Å²) >= 11 is 6.13. The van der Waals surface area contributed by atoms with E-state index in [0.717, 1.165) is 5.56 Å². The maximum absolute atomic E-state index is 12.2. The quantitative estimate of drug-likeness (QED) is 0.899. The smallest absolute Gasteiger partial charge is 0.317 e. The molecule has 1 aliphatic heterocycles. The van der Waals surface area contributed by atoms with E-state index in [-0.39, 0.29) is 23.9 Å².